The molecule has 182 valence electrons. The average molecular weight is 504 g/mol. The van der Waals surface area contributed by atoms with Gasteiger partial charge < -0.3 is 24.2 Å². The van der Waals surface area contributed by atoms with Gasteiger partial charge in [0.25, 0.3) is 0 Å². The van der Waals surface area contributed by atoms with Crippen LogP contribution in [0.2, 0.25) is 0 Å². The molecule has 37 heavy (non-hydrogen) atoms. The fourth-order valence-corrected chi connectivity index (χ4v) is 4.66. The van der Waals surface area contributed by atoms with Gasteiger partial charge in [-0.25, -0.2) is 4.98 Å². The van der Waals surface area contributed by atoms with E-state index in [1.807, 2.05) is 66.7 Å². The normalized spacial score (nSPS) is 15.8. The van der Waals surface area contributed by atoms with E-state index in [1.54, 1.807) is 18.2 Å². The van der Waals surface area contributed by atoms with E-state index in [0.717, 1.165) is 41.7 Å². The van der Waals surface area contributed by atoms with Gasteiger partial charge in [-0.1, -0.05) is 78.9 Å². The Bertz CT molecular complexity index is 1310. The van der Waals surface area contributed by atoms with Gasteiger partial charge in [-0.15, -0.1) is 0 Å². The third kappa shape index (κ3) is 6.22. The number of carboxylic acid groups (broad SMARTS) is 1. The molecule has 1 aliphatic rings. The van der Waals surface area contributed by atoms with Crippen molar-refractivity contribution >= 4 is 11.5 Å². The van der Waals surface area contributed by atoms with E-state index in [4.69, 9.17) is 14.1 Å². The Hall–Kier alpha value is -3.16. The molecule has 0 amide bonds. The zero-order valence-corrected chi connectivity index (χ0v) is 22.7. The maximum atomic E-state index is 11.4. The summed E-state index contributed by atoms with van der Waals surface area (Å²) in [6, 6.07) is 26.7. The summed E-state index contributed by atoms with van der Waals surface area (Å²) in [7, 11) is 0. The molecule has 0 saturated carbocycles. The number of aromatic nitrogens is 1. The number of benzene rings is 3. The second-order valence-electron chi connectivity index (χ2n) is 8.80. The number of aliphatic hydroxyl groups is 1. The van der Waals surface area contributed by atoms with Crippen LogP contribution >= 0.6 is 0 Å². The zero-order chi connectivity index (χ0) is 24.9. The van der Waals surface area contributed by atoms with Crippen molar-refractivity contribution in [2.45, 2.75) is 25.4 Å². The van der Waals surface area contributed by atoms with Gasteiger partial charge in [0, 0.05) is 22.6 Å². The number of hydrogen-bond acceptors (Lipinski definition) is 6. The summed E-state index contributed by atoms with van der Waals surface area (Å²) < 4.78 is 11.7. The van der Waals surface area contributed by atoms with E-state index in [2.05, 4.69) is 6.08 Å². The molecule has 1 N–H and O–H groups in total. The Morgan fingerprint density at radius 3 is 2.43 bits per heavy atom. The van der Waals surface area contributed by atoms with Crippen molar-refractivity contribution in [3.63, 3.8) is 0 Å². The summed E-state index contributed by atoms with van der Waals surface area (Å²) in [5.74, 6) is 0.0211. The maximum Gasteiger partial charge on any atom is 1.00 e. The molecular formula is C30H26NNaO5. The Labute approximate surface area is 237 Å². The Morgan fingerprint density at radius 1 is 1.03 bits per heavy atom. The van der Waals surface area contributed by atoms with Crippen LogP contribution in [-0.2, 0) is 4.79 Å². The number of aliphatic hydroxyl groups excluding tert-OH is 1. The maximum absolute atomic E-state index is 11.4. The van der Waals surface area contributed by atoms with Crippen LogP contribution in [0.5, 0.6) is 5.75 Å². The van der Waals surface area contributed by atoms with Crippen molar-refractivity contribution < 1.29 is 53.7 Å². The molecule has 4 aromatic rings. The number of allylic oxidation sites excluding steroid dienone is 1. The molecule has 2 atom stereocenters. The third-order valence-electron chi connectivity index (χ3n) is 6.38. The molecule has 0 radical (unpaired) electrons. The van der Waals surface area contributed by atoms with Crippen molar-refractivity contribution in [2.24, 2.45) is 5.92 Å². The van der Waals surface area contributed by atoms with Crippen LogP contribution in [0.1, 0.15) is 36.8 Å². The number of carbonyl (C=O) groups excluding carboxylic acids is 1. The van der Waals surface area contributed by atoms with Crippen molar-refractivity contribution in [1.82, 2.24) is 4.98 Å². The van der Waals surface area contributed by atoms with Gasteiger partial charge in [0.2, 0.25) is 5.89 Å². The van der Waals surface area contributed by atoms with Gasteiger partial charge in [0.15, 0.2) is 5.76 Å². The second kappa shape index (κ2) is 12.4. The third-order valence-corrected chi connectivity index (χ3v) is 6.38. The minimum absolute atomic E-state index is 0. The molecule has 0 aliphatic heterocycles. The first kappa shape index (κ1) is 26.9. The van der Waals surface area contributed by atoms with E-state index in [-0.39, 0.29) is 35.5 Å². The molecular weight excluding hydrogens is 477 g/mol. The predicted molar refractivity (Wildman–Crippen MR) is 135 cm³/mol. The number of nitrogens with zero attached hydrogens (tertiary/aromatic N) is 1. The Kier molecular flexibility index (Phi) is 9.00. The SMILES string of the molecule is O=C([O-])COc1cccc(C(O)C2CCCC=C2c2nc(-c3ccccc3)c(-c3ccccc3)o2)c1.[Na+]. The van der Waals surface area contributed by atoms with Gasteiger partial charge >= 0.3 is 29.6 Å². The number of carbonyl (C=O) groups is 1. The molecule has 3 aromatic carbocycles. The van der Waals surface area contributed by atoms with Gasteiger partial charge in [-0.3, -0.25) is 0 Å². The second-order valence-corrected chi connectivity index (χ2v) is 8.80. The van der Waals surface area contributed by atoms with E-state index in [0.29, 0.717) is 23.0 Å². The summed E-state index contributed by atoms with van der Waals surface area (Å²) in [5, 5.41) is 22.2. The minimum atomic E-state index is -1.30. The fraction of sp³-hybridized carbons (Fsp3) is 0.200. The van der Waals surface area contributed by atoms with Crippen LogP contribution in [0.3, 0.4) is 0 Å². The zero-order valence-electron chi connectivity index (χ0n) is 20.7. The van der Waals surface area contributed by atoms with Crippen LogP contribution in [0.4, 0.5) is 0 Å². The van der Waals surface area contributed by atoms with Crippen LogP contribution in [0.25, 0.3) is 28.2 Å². The molecule has 7 heteroatoms. The Morgan fingerprint density at radius 2 is 1.73 bits per heavy atom. The van der Waals surface area contributed by atoms with Gasteiger partial charge in [-0.2, -0.15) is 0 Å². The van der Waals surface area contributed by atoms with Gasteiger partial charge in [0.05, 0.1) is 12.1 Å². The largest absolute Gasteiger partial charge is 1.00 e. The van der Waals surface area contributed by atoms with Crippen molar-refractivity contribution in [3.8, 4) is 28.3 Å². The van der Waals surface area contributed by atoms with E-state index >= 15 is 0 Å². The van der Waals surface area contributed by atoms with Crippen LogP contribution in [0.15, 0.2) is 95.4 Å². The molecule has 1 heterocycles. The molecule has 6 nitrogen and oxygen atoms in total. The number of aliphatic carboxylic acids is 1. The first-order chi connectivity index (χ1) is 17.6. The predicted octanol–water partition coefficient (Wildman–Crippen LogP) is 2.06. The quantitative estimate of drug-likeness (QED) is 0.370. The summed E-state index contributed by atoms with van der Waals surface area (Å²) in [6.45, 7) is -0.547. The molecule has 0 saturated heterocycles. The van der Waals surface area contributed by atoms with E-state index < -0.39 is 18.7 Å². The van der Waals surface area contributed by atoms with Crippen molar-refractivity contribution in [1.29, 1.82) is 0 Å². The molecule has 5 rings (SSSR count). The smallest absolute Gasteiger partial charge is 0.546 e. The monoisotopic (exact) mass is 503 g/mol. The Balaban J connectivity index is 0.00000320. The molecule has 0 bridgehead atoms. The average Bonchev–Trinajstić information content (AvgIpc) is 3.38. The molecule has 1 aliphatic carbocycles. The number of ether oxygens (including phenoxy) is 1. The topological polar surface area (TPSA) is 95.6 Å². The summed E-state index contributed by atoms with van der Waals surface area (Å²) in [5.41, 5.74) is 4.16. The van der Waals surface area contributed by atoms with Crippen molar-refractivity contribution in [3.05, 3.63) is 102 Å². The van der Waals surface area contributed by atoms with E-state index in [9.17, 15) is 15.0 Å². The molecule has 0 spiro atoms. The standard InChI is InChI=1S/C30H27NO5.Na/c32-26(33)19-35-23-15-9-14-22(18-23)28(34)24-16-7-8-17-25(24)30-31-27(20-10-3-1-4-11-20)29(36-30)21-12-5-2-6-13-21;/h1-6,9-15,17-18,24,28,34H,7-8,16,19H2,(H,32,33);/q;+1/p-1. The number of carboxylic acids is 1. The number of hydrogen-bond donors (Lipinski definition) is 1. The van der Waals surface area contributed by atoms with Crippen LogP contribution in [-0.4, -0.2) is 22.7 Å². The summed E-state index contributed by atoms with van der Waals surface area (Å²) >= 11 is 0. The first-order valence-corrected chi connectivity index (χ1v) is 12.0. The molecule has 1 aromatic heterocycles. The van der Waals surface area contributed by atoms with Crippen molar-refractivity contribution in [2.75, 3.05) is 6.61 Å². The van der Waals surface area contributed by atoms with Gasteiger partial charge in [-0.05, 0) is 37.0 Å². The van der Waals surface area contributed by atoms with E-state index in [1.165, 1.54) is 0 Å². The number of rotatable bonds is 8. The fourth-order valence-electron chi connectivity index (χ4n) is 4.66. The van der Waals surface area contributed by atoms with Crippen LogP contribution < -0.4 is 39.4 Å². The summed E-state index contributed by atoms with van der Waals surface area (Å²) in [4.78, 5) is 15.7. The van der Waals surface area contributed by atoms with Crippen LogP contribution in [0, 0.1) is 5.92 Å². The minimum Gasteiger partial charge on any atom is -0.546 e. The molecule has 2 unspecified atom stereocenters. The first-order valence-electron chi connectivity index (χ1n) is 12.0. The summed E-state index contributed by atoms with van der Waals surface area (Å²) in [6.07, 6.45) is 3.83. The molecule has 0 fully saturated rings. The van der Waals surface area contributed by atoms with Gasteiger partial charge in [0.1, 0.15) is 18.1 Å². The number of oxazole rings is 1.